The number of anilines is 2. The summed E-state index contributed by atoms with van der Waals surface area (Å²) < 4.78 is 19.0. The van der Waals surface area contributed by atoms with Crippen molar-refractivity contribution < 1.29 is 13.9 Å². The topological polar surface area (TPSA) is 44.8 Å². The number of nitrogens with zero attached hydrogens (tertiary/aromatic N) is 2. The predicted molar refractivity (Wildman–Crippen MR) is 106 cm³/mol. The normalized spacial score (nSPS) is 16.1. The third kappa shape index (κ3) is 4.70. The first-order chi connectivity index (χ1) is 13.0. The van der Waals surface area contributed by atoms with E-state index in [-0.39, 0.29) is 17.6 Å². The number of amides is 1. The quantitative estimate of drug-likeness (QED) is 0.845. The molecule has 1 saturated heterocycles. The van der Waals surface area contributed by atoms with Gasteiger partial charge in [-0.3, -0.25) is 9.69 Å². The van der Waals surface area contributed by atoms with E-state index in [1.807, 2.05) is 31.2 Å². The Morgan fingerprint density at radius 3 is 2.44 bits per heavy atom. The number of carbonyl (C=O) groups excluding carboxylic acids is 1. The first kappa shape index (κ1) is 19.5. The maximum atomic E-state index is 13.8. The number of benzene rings is 2. The second-order valence-corrected chi connectivity index (χ2v) is 6.95. The Kier molecular flexibility index (Phi) is 6.19. The van der Waals surface area contributed by atoms with Gasteiger partial charge in [0, 0.05) is 36.9 Å². The largest absolute Gasteiger partial charge is 0.497 e. The fourth-order valence-corrected chi connectivity index (χ4v) is 3.33. The monoisotopic (exact) mass is 391 g/mol. The van der Waals surface area contributed by atoms with Gasteiger partial charge in [0.2, 0.25) is 5.91 Å². The van der Waals surface area contributed by atoms with Crippen molar-refractivity contribution in [2.45, 2.75) is 13.0 Å². The molecule has 1 aliphatic heterocycles. The SMILES string of the molecule is COc1ccc(N2CCN(C(C)C(=O)Nc3cc(Cl)ccc3F)CC2)cc1. The zero-order valence-electron chi connectivity index (χ0n) is 15.4. The summed E-state index contributed by atoms with van der Waals surface area (Å²) >= 11 is 5.88. The fraction of sp³-hybridized carbons (Fsp3) is 0.350. The number of methoxy groups -OCH3 is 1. The Morgan fingerprint density at radius 1 is 1.15 bits per heavy atom. The smallest absolute Gasteiger partial charge is 0.241 e. The third-order valence-electron chi connectivity index (χ3n) is 4.87. The summed E-state index contributed by atoms with van der Waals surface area (Å²) in [6.45, 7) is 4.96. The van der Waals surface area contributed by atoms with E-state index in [9.17, 15) is 9.18 Å². The number of hydrogen-bond donors (Lipinski definition) is 1. The van der Waals surface area contributed by atoms with Crippen LogP contribution in [0.1, 0.15) is 6.92 Å². The van der Waals surface area contributed by atoms with Gasteiger partial charge in [-0.05, 0) is 49.4 Å². The van der Waals surface area contributed by atoms with Gasteiger partial charge in [0.15, 0.2) is 0 Å². The van der Waals surface area contributed by atoms with E-state index in [1.54, 1.807) is 7.11 Å². The zero-order chi connectivity index (χ0) is 19.4. The van der Waals surface area contributed by atoms with E-state index in [2.05, 4.69) is 15.1 Å². The van der Waals surface area contributed by atoms with Crippen molar-refractivity contribution in [1.29, 1.82) is 0 Å². The molecule has 1 fully saturated rings. The summed E-state index contributed by atoms with van der Waals surface area (Å²) in [5.41, 5.74) is 1.24. The van der Waals surface area contributed by atoms with E-state index in [0.29, 0.717) is 5.02 Å². The van der Waals surface area contributed by atoms with Crippen molar-refractivity contribution >= 4 is 28.9 Å². The number of carbonyl (C=O) groups is 1. The van der Waals surface area contributed by atoms with Gasteiger partial charge in [-0.1, -0.05) is 11.6 Å². The minimum atomic E-state index is -0.496. The van der Waals surface area contributed by atoms with Gasteiger partial charge in [-0.25, -0.2) is 4.39 Å². The lowest BCUT2D eigenvalue weighted by atomic mass is 10.2. The molecule has 2 aromatic rings. The molecule has 5 nitrogen and oxygen atoms in total. The highest BCUT2D eigenvalue weighted by molar-refractivity contribution is 6.30. The molecule has 1 unspecified atom stereocenters. The van der Waals surface area contributed by atoms with Crippen LogP contribution in [0.15, 0.2) is 42.5 Å². The number of nitrogens with one attached hydrogen (secondary N) is 1. The Morgan fingerprint density at radius 2 is 1.81 bits per heavy atom. The highest BCUT2D eigenvalue weighted by atomic mass is 35.5. The van der Waals surface area contributed by atoms with Crippen molar-refractivity contribution in [1.82, 2.24) is 4.90 Å². The van der Waals surface area contributed by atoms with Crippen molar-refractivity contribution in [2.24, 2.45) is 0 Å². The molecule has 1 atom stereocenters. The maximum absolute atomic E-state index is 13.8. The third-order valence-corrected chi connectivity index (χ3v) is 5.10. The molecule has 144 valence electrons. The van der Waals surface area contributed by atoms with Crippen molar-refractivity contribution in [3.05, 3.63) is 53.3 Å². The van der Waals surface area contributed by atoms with Crippen LogP contribution in [0.25, 0.3) is 0 Å². The number of rotatable bonds is 5. The zero-order valence-corrected chi connectivity index (χ0v) is 16.2. The van der Waals surface area contributed by atoms with Crippen molar-refractivity contribution in [3.8, 4) is 5.75 Å². The van der Waals surface area contributed by atoms with Crippen molar-refractivity contribution in [2.75, 3.05) is 43.5 Å². The predicted octanol–water partition coefficient (Wildman–Crippen LogP) is 3.64. The van der Waals surface area contributed by atoms with Crippen LogP contribution in [-0.2, 0) is 4.79 Å². The number of piperazine rings is 1. The van der Waals surface area contributed by atoms with Crippen LogP contribution >= 0.6 is 11.6 Å². The van der Waals surface area contributed by atoms with Crippen LogP contribution in [0.4, 0.5) is 15.8 Å². The van der Waals surface area contributed by atoms with Crippen LogP contribution in [0.3, 0.4) is 0 Å². The summed E-state index contributed by atoms with van der Waals surface area (Å²) in [7, 11) is 1.65. The summed E-state index contributed by atoms with van der Waals surface area (Å²) in [4.78, 5) is 16.9. The summed E-state index contributed by atoms with van der Waals surface area (Å²) in [5, 5.41) is 3.02. The van der Waals surface area contributed by atoms with Crippen LogP contribution in [0.5, 0.6) is 5.75 Å². The average molecular weight is 392 g/mol. The average Bonchev–Trinajstić information content (AvgIpc) is 2.70. The number of ether oxygens (including phenoxy) is 1. The second kappa shape index (κ2) is 8.59. The van der Waals surface area contributed by atoms with Gasteiger partial charge in [-0.15, -0.1) is 0 Å². The lowest BCUT2D eigenvalue weighted by molar-refractivity contribution is -0.120. The van der Waals surface area contributed by atoms with Crippen LogP contribution in [-0.4, -0.2) is 50.1 Å². The molecule has 7 heteroatoms. The molecule has 0 saturated carbocycles. The molecule has 2 aromatic carbocycles. The Bertz CT molecular complexity index is 792. The molecular formula is C20H23ClFN3O2. The molecule has 0 bridgehead atoms. The van der Waals surface area contributed by atoms with Crippen LogP contribution < -0.4 is 15.0 Å². The molecule has 0 spiro atoms. The Labute approximate surface area is 163 Å². The Balaban J connectivity index is 1.56. The fourth-order valence-electron chi connectivity index (χ4n) is 3.16. The van der Waals surface area contributed by atoms with Gasteiger partial charge < -0.3 is 15.0 Å². The highest BCUT2D eigenvalue weighted by Gasteiger charge is 2.26. The van der Waals surface area contributed by atoms with Gasteiger partial charge in [0.25, 0.3) is 0 Å². The molecule has 1 aliphatic rings. The van der Waals surface area contributed by atoms with Gasteiger partial charge in [-0.2, -0.15) is 0 Å². The maximum Gasteiger partial charge on any atom is 0.241 e. The highest BCUT2D eigenvalue weighted by Crippen LogP contribution is 2.22. The van der Waals surface area contributed by atoms with Gasteiger partial charge >= 0.3 is 0 Å². The van der Waals surface area contributed by atoms with E-state index in [0.717, 1.165) is 37.6 Å². The molecule has 0 aromatic heterocycles. The molecule has 0 aliphatic carbocycles. The summed E-state index contributed by atoms with van der Waals surface area (Å²) in [6, 6.07) is 11.7. The van der Waals surface area contributed by atoms with Crippen molar-refractivity contribution in [3.63, 3.8) is 0 Å². The van der Waals surface area contributed by atoms with E-state index >= 15 is 0 Å². The van der Waals surface area contributed by atoms with Crippen LogP contribution in [0.2, 0.25) is 5.02 Å². The van der Waals surface area contributed by atoms with E-state index in [4.69, 9.17) is 16.3 Å². The molecule has 1 heterocycles. The molecule has 1 amide bonds. The molecule has 27 heavy (non-hydrogen) atoms. The summed E-state index contributed by atoms with van der Waals surface area (Å²) in [5.74, 6) is 0.0919. The standard InChI is InChI=1S/C20H23ClFN3O2/c1-14(20(26)23-19-13-15(21)3-8-18(19)22)24-9-11-25(12-10-24)16-4-6-17(27-2)7-5-16/h3-8,13-14H,9-12H2,1-2H3,(H,23,26). The minimum absolute atomic E-state index is 0.108. The lowest BCUT2D eigenvalue weighted by Gasteiger charge is -2.38. The first-order valence-electron chi connectivity index (χ1n) is 8.87. The Hall–Kier alpha value is -2.31. The first-order valence-corrected chi connectivity index (χ1v) is 9.24. The van der Waals surface area contributed by atoms with Crippen LogP contribution in [0, 0.1) is 5.82 Å². The molecule has 3 rings (SSSR count). The van der Waals surface area contributed by atoms with E-state index in [1.165, 1.54) is 18.2 Å². The van der Waals surface area contributed by atoms with Gasteiger partial charge in [0.1, 0.15) is 11.6 Å². The molecule has 0 radical (unpaired) electrons. The molecular weight excluding hydrogens is 369 g/mol. The number of halogens is 2. The number of hydrogen-bond acceptors (Lipinski definition) is 4. The van der Waals surface area contributed by atoms with E-state index < -0.39 is 5.82 Å². The second-order valence-electron chi connectivity index (χ2n) is 6.51. The molecule has 1 N–H and O–H groups in total. The van der Waals surface area contributed by atoms with Gasteiger partial charge in [0.05, 0.1) is 18.8 Å². The summed E-state index contributed by atoms with van der Waals surface area (Å²) in [6.07, 6.45) is 0. The lowest BCUT2D eigenvalue weighted by Crippen LogP contribution is -2.52. The minimum Gasteiger partial charge on any atom is -0.497 e.